The van der Waals surface area contributed by atoms with Crippen LogP contribution >= 0.6 is 27.3 Å². The van der Waals surface area contributed by atoms with Crippen molar-refractivity contribution in [3.8, 4) is 0 Å². The van der Waals surface area contributed by atoms with Gasteiger partial charge in [-0.3, -0.25) is 4.98 Å². The minimum atomic E-state index is 0.328. The summed E-state index contributed by atoms with van der Waals surface area (Å²) in [7, 11) is 2.00. The van der Waals surface area contributed by atoms with Gasteiger partial charge in [0.25, 0.3) is 0 Å². The van der Waals surface area contributed by atoms with Crippen molar-refractivity contribution >= 4 is 27.3 Å². The summed E-state index contributed by atoms with van der Waals surface area (Å²) in [5, 5.41) is 5.49. The van der Waals surface area contributed by atoms with E-state index in [9.17, 15) is 0 Å². The molecular weight excluding hydrogens is 296 g/mol. The number of hydrogen-bond donors (Lipinski definition) is 1. The quantitative estimate of drug-likeness (QED) is 0.931. The number of halogens is 1. The zero-order valence-electron chi connectivity index (χ0n) is 9.90. The molecular formula is C13H15BrN2S. The monoisotopic (exact) mass is 310 g/mol. The van der Waals surface area contributed by atoms with Crippen LogP contribution in [0.25, 0.3) is 0 Å². The van der Waals surface area contributed by atoms with Gasteiger partial charge >= 0.3 is 0 Å². The summed E-state index contributed by atoms with van der Waals surface area (Å²) in [6, 6.07) is 6.65. The second kappa shape index (κ2) is 5.76. The standard InChI is InChI=1S/C13H15BrN2S/c1-9-12(4-3-5-16-9)13(15-2)7-11-6-10(14)8-17-11/h3-6,8,13,15H,7H2,1-2H3. The number of aromatic nitrogens is 1. The Kier molecular flexibility index (Phi) is 4.31. The molecule has 90 valence electrons. The van der Waals surface area contributed by atoms with E-state index >= 15 is 0 Å². The first kappa shape index (κ1) is 12.7. The lowest BCUT2D eigenvalue weighted by Crippen LogP contribution is -2.19. The van der Waals surface area contributed by atoms with Crippen LogP contribution in [0, 0.1) is 6.92 Å². The van der Waals surface area contributed by atoms with Crippen LogP contribution < -0.4 is 5.32 Å². The molecule has 0 spiro atoms. The summed E-state index contributed by atoms with van der Waals surface area (Å²) in [6.45, 7) is 2.06. The lowest BCUT2D eigenvalue weighted by atomic mass is 10.0. The molecule has 0 aliphatic heterocycles. The summed E-state index contributed by atoms with van der Waals surface area (Å²) in [4.78, 5) is 5.72. The molecule has 0 bridgehead atoms. The Morgan fingerprint density at radius 3 is 2.94 bits per heavy atom. The van der Waals surface area contributed by atoms with Crippen molar-refractivity contribution in [3.63, 3.8) is 0 Å². The minimum Gasteiger partial charge on any atom is -0.313 e. The first-order valence-electron chi connectivity index (χ1n) is 5.52. The molecule has 0 saturated carbocycles. The lowest BCUT2D eigenvalue weighted by Gasteiger charge is -2.17. The maximum atomic E-state index is 4.35. The molecule has 0 aromatic carbocycles. The Hall–Kier alpha value is -0.710. The van der Waals surface area contributed by atoms with Crippen molar-refractivity contribution in [1.82, 2.24) is 10.3 Å². The molecule has 2 rings (SSSR count). The van der Waals surface area contributed by atoms with E-state index in [-0.39, 0.29) is 0 Å². The Labute approximate surface area is 114 Å². The Bertz CT molecular complexity index is 496. The molecule has 2 heterocycles. The van der Waals surface area contributed by atoms with E-state index in [1.165, 1.54) is 10.4 Å². The first-order chi connectivity index (χ1) is 8.20. The summed E-state index contributed by atoms with van der Waals surface area (Å²) in [5.74, 6) is 0. The third-order valence-corrected chi connectivity index (χ3v) is 4.52. The van der Waals surface area contributed by atoms with Crippen LogP contribution in [0.15, 0.2) is 34.2 Å². The highest BCUT2D eigenvalue weighted by Crippen LogP contribution is 2.26. The van der Waals surface area contributed by atoms with Gasteiger partial charge in [0, 0.05) is 39.1 Å². The van der Waals surface area contributed by atoms with Crippen molar-refractivity contribution < 1.29 is 0 Å². The zero-order chi connectivity index (χ0) is 12.3. The number of aryl methyl sites for hydroxylation is 1. The number of hydrogen-bond acceptors (Lipinski definition) is 3. The van der Waals surface area contributed by atoms with Crippen molar-refractivity contribution in [2.75, 3.05) is 7.05 Å². The predicted molar refractivity (Wildman–Crippen MR) is 76.5 cm³/mol. The van der Waals surface area contributed by atoms with Crippen LogP contribution in [0.3, 0.4) is 0 Å². The van der Waals surface area contributed by atoms with E-state index in [0.717, 1.165) is 16.6 Å². The van der Waals surface area contributed by atoms with Gasteiger partial charge in [-0.2, -0.15) is 0 Å². The largest absolute Gasteiger partial charge is 0.313 e. The minimum absolute atomic E-state index is 0.328. The molecule has 0 radical (unpaired) electrons. The molecule has 2 aromatic rings. The van der Waals surface area contributed by atoms with Crippen LogP contribution in [-0.2, 0) is 6.42 Å². The number of nitrogens with zero attached hydrogens (tertiary/aromatic N) is 1. The average Bonchev–Trinajstić information content (AvgIpc) is 2.73. The van der Waals surface area contributed by atoms with Crippen LogP contribution in [0.1, 0.15) is 22.2 Å². The third-order valence-electron chi connectivity index (χ3n) is 2.80. The zero-order valence-corrected chi connectivity index (χ0v) is 12.3. The fourth-order valence-corrected chi connectivity index (χ4v) is 3.39. The fraction of sp³-hybridized carbons (Fsp3) is 0.308. The molecule has 1 unspecified atom stereocenters. The van der Waals surface area contributed by atoms with Crippen LogP contribution in [0.5, 0.6) is 0 Å². The topological polar surface area (TPSA) is 24.9 Å². The summed E-state index contributed by atoms with van der Waals surface area (Å²) in [5.41, 5.74) is 2.38. The third kappa shape index (κ3) is 3.15. The van der Waals surface area contributed by atoms with Crippen molar-refractivity contribution in [1.29, 1.82) is 0 Å². The van der Waals surface area contributed by atoms with Gasteiger partial charge in [-0.05, 0) is 47.6 Å². The highest BCUT2D eigenvalue weighted by atomic mass is 79.9. The predicted octanol–water partition coefficient (Wildman–Crippen LogP) is 3.72. The van der Waals surface area contributed by atoms with Gasteiger partial charge in [-0.1, -0.05) is 6.07 Å². The molecule has 17 heavy (non-hydrogen) atoms. The maximum Gasteiger partial charge on any atom is 0.0420 e. The van der Waals surface area contributed by atoms with E-state index < -0.39 is 0 Å². The first-order valence-corrected chi connectivity index (χ1v) is 7.19. The lowest BCUT2D eigenvalue weighted by molar-refractivity contribution is 0.590. The van der Waals surface area contributed by atoms with E-state index in [1.807, 2.05) is 19.3 Å². The smallest absolute Gasteiger partial charge is 0.0420 e. The fourth-order valence-electron chi connectivity index (χ4n) is 1.89. The number of likely N-dealkylation sites (N-methyl/N-ethyl adjacent to an activating group) is 1. The summed E-state index contributed by atoms with van der Waals surface area (Å²) in [6.07, 6.45) is 2.84. The average molecular weight is 311 g/mol. The highest BCUT2D eigenvalue weighted by Gasteiger charge is 2.13. The molecule has 1 atom stereocenters. The molecule has 0 saturated heterocycles. The van der Waals surface area contributed by atoms with Gasteiger partial charge in [0.05, 0.1) is 0 Å². The number of nitrogens with one attached hydrogen (secondary N) is 1. The molecule has 4 heteroatoms. The summed E-state index contributed by atoms with van der Waals surface area (Å²) >= 11 is 5.28. The number of thiophene rings is 1. The normalized spacial score (nSPS) is 12.6. The van der Waals surface area contributed by atoms with Crippen molar-refractivity contribution in [3.05, 3.63) is 50.4 Å². The Balaban J connectivity index is 2.20. The van der Waals surface area contributed by atoms with E-state index in [1.54, 1.807) is 11.3 Å². The van der Waals surface area contributed by atoms with Gasteiger partial charge < -0.3 is 5.32 Å². The Morgan fingerprint density at radius 2 is 2.35 bits per heavy atom. The maximum absolute atomic E-state index is 4.35. The van der Waals surface area contributed by atoms with Crippen molar-refractivity contribution in [2.45, 2.75) is 19.4 Å². The molecule has 2 aromatic heterocycles. The molecule has 2 nitrogen and oxygen atoms in total. The SMILES string of the molecule is CNC(Cc1cc(Br)cs1)c1cccnc1C. The van der Waals surface area contributed by atoms with Crippen LogP contribution in [-0.4, -0.2) is 12.0 Å². The molecule has 0 fully saturated rings. The van der Waals surface area contributed by atoms with E-state index in [4.69, 9.17) is 0 Å². The van der Waals surface area contributed by atoms with Crippen LogP contribution in [0.4, 0.5) is 0 Å². The van der Waals surface area contributed by atoms with E-state index in [2.05, 4.69) is 50.7 Å². The molecule has 0 amide bonds. The van der Waals surface area contributed by atoms with Gasteiger partial charge in [0.1, 0.15) is 0 Å². The van der Waals surface area contributed by atoms with Gasteiger partial charge in [0.2, 0.25) is 0 Å². The van der Waals surface area contributed by atoms with Gasteiger partial charge in [0.15, 0.2) is 0 Å². The second-order valence-corrected chi connectivity index (χ2v) is 5.87. The number of rotatable bonds is 4. The molecule has 0 aliphatic rings. The number of pyridine rings is 1. The highest BCUT2D eigenvalue weighted by molar-refractivity contribution is 9.10. The summed E-state index contributed by atoms with van der Waals surface area (Å²) < 4.78 is 1.16. The molecule has 1 N–H and O–H groups in total. The molecule has 0 aliphatic carbocycles. The van der Waals surface area contributed by atoms with Gasteiger partial charge in [-0.15, -0.1) is 11.3 Å². The van der Waals surface area contributed by atoms with Crippen molar-refractivity contribution in [2.24, 2.45) is 0 Å². The van der Waals surface area contributed by atoms with Gasteiger partial charge in [-0.25, -0.2) is 0 Å². The van der Waals surface area contributed by atoms with Crippen LogP contribution in [0.2, 0.25) is 0 Å². The van der Waals surface area contributed by atoms with E-state index in [0.29, 0.717) is 6.04 Å². The second-order valence-electron chi connectivity index (χ2n) is 3.95. The Morgan fingerprint density at radius 1 is 1.53 bits per heavy atom.